The summed E-state index contributed by atoms with van der Waals surface area (Å²) >= 11 is 0. The molecule has 1 saturated carbocycles. The van der Waals surface area contributed by atoms with Crippen molar-refractivity contribution < 1.29 is 23.5 Å². The fraction of sp³-hybridized carbons (Fsp3) is 0.571. The van der Waals surface area contributed by atoms with Crippen molar-refractivity contribution in [2.75, 3.05) is 0 Å². The summed E-state index contributed by atoms with van der Waals surface area (Å²) in [6, 6.07) is 5.26. The van der Waals surface area contributed by atoms with Crippen LogP contribution in [-0.2, 0) is 14.3 Å². The maximum atomic E-state index is 12.9. The number of rotatable bonds is 7. The van der Waals surface area contributed by atoms with Crippen LogP contribution < -0.4 is 5.32 Å². The van der Waals surface area contributed by atoms with Gasteiger partial charge in [0.05, 0.1) is 6.42 Å². The van der Waals surface area contributed by atoms with Gasteiger partial charge in [0.15, 0.2) is 11.9 Å². The summed E-state index contributed by atoms with van der Waals surface area (Å²) < 4.78 is 18.0. The number of ketones is 1. The molecule has 0 aliphatic heterocycles. The molecule has 0 radical (unpaired) electrons. The minimum absolute atomic E-state index is 0.0457. The molecule has 1 aromatic carbocycles. The number of ether oxygens (including phenoxy) is 1. The molecule has 4 atom stereocenters. The lowest BCUT2D eigenvalue weighted by molar-refractivity contribution is -0.155. The SMILES string of the molecule is C[C@@H]1[C@@H](C)CCC[C@H]1NC(=O)[C@@H](C)OC(=O)CCC(=O)c1ccc(F)cc1. The minimum Gasteiger partial charge on any atom is -0.453 e. The lowest BCUT2D eigenvalue weighted by atomic mass is 9.78. The number of halogens is 1. The highest BCUT2D eigenvalue weighted by molar-refractivity contribution is 5.97. The van der Waals surface area contributed by atoms with Gasteiger partial charge in [-0.3, -0.25) is 14.4 Å². The van der Waals surface area contributed by atoms with Crippen LogP contribution in [0.2, 0.25) is 0 Å². The Kier molecular flexibility index (Phi) is 7.51. The van der Waals surface area contributed by atoms with Gasteiger partial charge < -0.3 is 10.1 Å². The van der Waals surface area contributed by atoms with Crippen molar-refractivity contribution in [3.63, 3.8) is 0 Å². The van der Waals surface area contributed by atoms with E-state index in [4.69, 9.17) is 4.74 Å². The standard InChI is InChI=1S/C21H28FNO4/c1-13-5-4-6-18(14(13)2)23-21(26)15(3)27-20(25)12-11-19(24)16-7-9-17(22)10-8-16/h7-10,13-15,18H,4-6,11-12H2,1-3H3,(H,23,26)/t13-,14+,15+,18+/m0/s1. The molecule has 1 aromatic rings. The van der Waals surface area contributed by atoms with Crippen LogP contribution in [0.4, 0.5) is 4.39 Å². The average Bonchev–Trinajstić information content (AvgIpc) is 2.64. The molecule has 27 heavy (non-hydrogen) atoms. The maximum Gasteiger partial charge on any atom is 0.307 e. The molecule has 1 N–H and O–H groups in total. The van der Waals surface area contributed by atoms with Crippen molar-refractivity contribution in [3.8, 4) is 0 Å². The summed E-state index contributed by atoms with van der Waals surface area (Å²) in [5.74, 6) is -0.655. The van der Waals surface area contributed by atoms with E-state index in [-0.39, 0.29) is 30.6 Å². The van der Waals surface area contributed by atoms with Gasteiger partial charge in [-0.25, -0.2) is 4.39 Å². The Balaban J connectivity index is 1.76. The fourth-order valence-electron chi connectivity index (χ4n) is 3.39. The Morgan fingerprint density at radius 2 is 1.81 bits per heavy atom. The van der Waals surface area contributed by atoms with Gasteiger partial charge in [0.2, 0.25) is 0 Å². The summed E-state index contributed by atoms with van der Waals surface area (Å²) in [5, 5.41) is 2.98. The molecule has 148 valence electrons. The molecule has 1 amide bonds. The Bertz CT molecular complexity index is 673. The van der Waals surface area contributed by atoms with Gasteiger partial charge in [0, 0.05) is 18.0 Å². The highest BCUT2D eigenvalue weighted by atomic mass is 19.1. The Labute approximate surface area is 159 Å². The van der Waals surface area contributed by atoms with Gasteiger partial charge >= 0.3 is 5.97 Å². The van der Waals surface area contributed by atoms with Crippen LogP contribution in [0.25, 0.3) is 0 Å². The van der Waals surface area contributed by atoms with Crippen LogP contribution >= 0.6 is 0 Å². The second kappa shape index (κ2) is 9.62. The molecular weight excluding hydrogens is 349 g/mol. The topological polar surface area (TPSA) is 72.5 Å². The highest BCUT2D eigenvalue weighted by Gasteiger charge is 2.30. The molecule has 1 aliphatic carbocycles. The van der Waals surface area contributed by atoms with E-state index in [1.54, 1.807) is 0 Å². The zero-order chi connectivity index (χ0) is 20.0. The molecule has 6 heteroatoms. The number of esters is 1. The summed E-state index contributed by atoms with van der Waals surface area (Å²) in [6.45, 7) is 5.85. The number of benzene rings is 1. The number of hydrogen-bond acceptors (Lipinski definition) is 4. The zero-order valence-electron chi connectivity index (χ0n) is 16.2. The molecule has 1 aliphatic rings. The van der Waals surface area contributed by atoms with E-state index in [9.17, 15) is 18.8 Å². The second-order valence-corrected chi connectivity index (χ2v) is 7.44. The Hall–Kier alpha value is -2.24. The molecule has 0 heterocycles. The zero-order valence-corrected chi connectivity index (χ0v) is 16.2. The second-order valence-electron chi connectivity index (χ2n) is 7.44. The van der Waals surface area contributed by atoms with Crippen molar-refractivity contribution in [3.05, 3.63) is 35.6 Å². The van der Waals surface area contributed by atoms with E-state index >= 15 is 0 Å². The smallest absolute Gasteiger partial charge is 0.307 e. The number of carbonyl (C=O) groups is 3. The van der Waals surface area contributed by atoms with Gasteiger partial charge in [-0.05, 0) is 49.4 Å². The molecule has 2 rings (SSSR count). The minimum atomic E-state index is -0.900. The lowest BCUT2D eigenvalue weighted by Crippen LogP contribution is -2.47. The van der Waals surface area contributed by atoms with Crippen molar-refractivity contribution in [1.82, 2.24) is 5.32 Å². The Morgan fingerprint density at radius 3 is 2.48 bits per heavy atom. The first-order valence-corrected chi connectivity index (χ1v) is 9.56. The third-order valence-electron chi connectivity index (χ3n) is 5.43. The van der Waals surface area contributed by atoms with Crippen molar-refractivity contribution in [2.45, 2.75) is 65.0 Å². The maximum absolute atomic E-state index is 12.9. The molecule has 5 nitrogen and oxygen atoms in total. The first-order chi connectivity index (χ1) is 12.8. The molecule has 0 aromatic heterocycles. The van der Waals surface area contributed by atoms with Gasteiger partial charge in [0.1, 0.15) is 5.82 Å². The van der Waals surface area contributed by atoms with E-state index in [0.29, 0.717) is 17.4 Å². The van der Waals surface area contributed by atoms with E-state index in [1.165, 1.54) is 37.6 Å². The number of amides is 1. The summed E-state index contributed by atoms with van der Waals surface area (Å²) in [4.78, 5) is 36.2. The van der Waals surface area contributed by atoms with Crippen molar-refractivity contribution in [1.29, 1.82) is 0 Å². The Morgan fingerprint density at radius 1 is 1.15 bits per heavy atom. The quantitative estimate of drug-likeness (QED) is 0.581. The van der Waals surface area contributed by atoms with E-state index in [2.05, 4.69) is 19.2 Å². The average molecular weight is 377 g/mol. The number of carbonyl (C=O) groups excluding carboxylic acids is 3. The third-order valence-corrected chi connectivity index (χ3v) is 5.43. The van der Waals surface area contributed by atoms with Crippen LogP contribution in [0.5, 0.6) is 0 Å². The van der Waals surface area contributed by atoms with E-state index in [1.807, 2.05) is 0 Å². The molecule has 1 fully saturated rings. The fourth-order valence-corrected chi connectivity index (χ4v) is 3.39. The number of nitrogens with one attached hydrogen (secondary N) is 1. The van der Waals surface area contributed by atoms with Crippen LogP contribution in [0.3, 0.4) is 0 Å². The van der Waals surface area contributed by atoms with E-state index < -0.39 is 17.9 Å². The molecule has 0 bridgehead atoms. The summed E-state index contributed by atoms with van der Waals surface area (Å²) in [7, 11) is 0. The summed E-state index contributed by atoms with van der Waals surface area (Å²) in [5.41, 5.74) is 0.343. The van der Waals surface area contributed by atoms with Crippen LogP contribution in [0.15, 0.2) is 24.3 Å². The first-order valence-electron chi connectivity index (χ1n) is 9.56. The van der Waals surface area contributed by atoms with E-state index in [0.717, 1.165) is 12.8 Å². The van der Waals surface area contributed by atoms with Crippen molar-refractivity contribution in [2.24, 2.45) is 11.8 Å². The normalized spacial score (nSPS) is 23.3. The largest absolute Gasteiger partial charge is 0.453 e. The van der Waals surface area contributed by atoms with Crippen molar-refractivity contribution >= 4 is 17.7 Å². The monoisotopic (exact) mass is 377 g/mol. The predicted molar refractivity (Wildman–Crippen MR) is 99.6 cm³/mol. The van der Waals surface area contributed by atoms with Crippen LogP contribution in [-0.4, -0.2) is 29.8 Å². The van der Waals surface area contributed by atoms with Crippen LogP contribution in [0.1, 0.15) is 63.2 Å². The molecule has 0 unspecified atom stereocenters. The molecule has 0 spiro atoms. The number of Topliss-reactive ketones (excluding diaryl/α,β-unsaturated/α-hetero) is 1. The van der Waals surface area contributed by atoms with Gasteiger partial charge in [-0.2, -0.15) is 0 Å². The van der Waals surface area contributed by atoms with Gasteiger partial charge in [0.25, 0.3) is 5.91 Å². The molecular formula is C21H28FNO4. The first kappa shape index (κ1) is 21.1. The van der Waals surface area contributed by atoms with Gasteiger partial charge in [-0.15, -0.1) is 0 Å². The lowest BCUT2D eigenvalue weighted by Gasteiger charge is -2.35. The molecule has 0 saturated heterocycles. The summed E-state index contributed by atoms with van der Waals surface area (Å²) in [6.07, 6.45) is 2.11. The predicted octanol–water partition coefficient (Wildman–Crippen LogP) is 3.66. The third kappa shape index (κ3) is 6.15. The highest BCUT2D eigenvalue weighted by Crippen LogP contribution is 2.29. The number of hydrogen-bond donors (Lipinski definition) is 1. The van der Waals surface area contributed by atoms with Crippen LogP contribution in [0, 0.1) is 17.7 Å². The van der Waals surface area contributed by atoms with Gasteiger partial charge in [-0.1, -0.05) is 26.7 Å².